The second kappa shape index (κ2) is 3.53. The fourth-order valence-corrected chi connectivity index (χ4v) is 2.75. The highest BCUT2D eigenvalue weighted by atomic mass is 15.0. The summed E-state index contributed by atoms with van der Waals surface area (Å²) in [6.45, 7) is 0. The maximum absolute atomic E-state index is 6.06. The number of hydrogen-bond acceptors (Lipinski definition) is 2. The maximum atomic E-state index is 6.06. The van der Waals surface area contributed by atoms with E-state index >= 15 is 0 Å². The van der Waals surface area contributed by atoms with Crippen LogP contribution in [0.4, 0.5) is 5.69 Å². The zero-order valence-corrected chi connectivity index (χ0v) is 9.00. The van der Waals surface area contributed by atoms with Crippen molar-refractivity contribution in [2.24, 2.45) is 0 Å². The first-order chi connectivity index (χ1) is 7.34. The first-order valence-electron chi connectivity index (χ1n) is 5.98. The van der Waals surface area contributed by atoms with E-state index in [0.717, 1.165) is 11.7 Å². The molecule has 0 aromatic heterocycles. The average molecular weight is 202 g/mol. The first kappa shape index (κ1) is 9.22. The third-order valence-corrected chi connectivity index (χ3v) is 3.82. The van der Waals surface area contributed by atoms with Gasteiger partial charge in [-0.3, -0.25) is 0 Å². The highest BCUT2D eigenvalue weighted by molar-refractivity contribution is 5.54. The number of fused-ring (bicyclic) bond motifs is 1. The Balaban J connectivity index is 1.83. The van der Waals surface area contributed by atoms with E-state index in [1.807, 2.05) is 6.07 Å². The minimum atomic E-state index is 0.520. The van der Waals surface area contributed by atoms with Crippen molar-refractivity contribution in [3.63, 3.8) is 0 Å². The van der Waals surface area contributed by atoms with Crippen molar-refractivity contribution in [3.8, 4) is 0 Å². The Morgan fingerprint density at radius 3 is 2.80 bits per heavy atom. The number of nitrogens with one attached hydrogen (secondary N) is 1. The van der Waals surface area contributed by atoms with Gasteiger partial charge in [0.25, 0.3) is 0 Å². The van der Waals surface area contributed by atoms with Crippen LogP contribution >= 0.6 is 0 Å². The molecule has 2 aliphatic carbocycles. The summed E-state index contributed by atoms with van der Waals surface area (Å²) in [6.07, 6.45) is 6.49. The lowest BCUT2D eigenvalue weighted by Gasteiger charge is -2.30. The number of nitrogen functional groups attached to an aromatic ring is 1. The van der Waals surface area contributed by atoms with Crippen LogP contribution < -0.4 is 11.1 Å². The van der Waals surface area contributed by atoms with Crippen LogP contribution in [0.15, 0.2) is 18.2 Å². The van der Waals surface area contributed by atoms with Crippen LogP contribution in [0.5, 0.6) is 0 Å². The molecule has 0 spiro atoms. The van der Waals surface area contributed by atoms with Gasteiger partial charge in [0.15, 0.2) is 0 Å². The number of benzene rings is 1. The van der Waals surface area contributed by atoms with Gasteiger partial charge in [0.1, 0.15) is 0 Å². The van der Waals surface area contributed by atoms with Crippen LogP contribution in [0.3, 0.4) is 0 Å². The van der Waals surface area contributed by atoms with Crippen LogP contribution in [0, 0.1) is 0 Å². The number of nitrogens with two attached hydrogens (primary N) is 1. The number of aryl methyl sites for hydroxylation is 1. The molecule has 3 rings (SSSR count). The smallest absolute Gasteiger partial charge is 0.0365 e. The van der Waals surface area contributed by atoms with Gasteiger partial charge in [0.2, 0.25) is 0 Å². The molecular formula is C13H18N2. The molecule has 1 saturated carbocycles. The topological polar surface area (TPSA) is 38.0 Å². The van der Waals surface area contributed by atoms with E-state index in [0.29, 0.717) is 6.04 Å². The zero-order chi connectivity index (χ0) is 10.3. The lowest BCUT2D eigenvalue weighted by atomic mass is 9.91. The molecule has 80 valence electrons. The summed E-state index contributed by atoms with van der Waals surface area (Å²) in [6, 6.07) is 7.58. The number of anilines is 1. The Hall–Kier alpha value is -1.02. The van der Waals surface area contributed by atoms with Crippen molar-refractivity contribution in [1.82, 2.24) is 5.32 Å². The predicted molar refractivity (Wildman–Crippen MR) is 62.7 cm³/mol. The molecule has 1 aromatic carbocycles. The monoisotopic (exact) mass is 202 g/mol. The summed E-state index contributed by atoms with van der Waals surface area (Å²) in [7, 11) is 0. The van der Waals surface area contributed by atoms with Crippen LogP contribution in [0.1, 0.15) is 42.9 Å². The largest absolute Gasteiger partial charge is 0.398 e. The lowest BCUT2D eigenvalue weighted by molar-refractivity contribution is 0.305. The van der Waals surface area contributed by atoms with Gasteiger partial charge in [-0.2, -0.15) is 0 Å². The van der Waals surface area contributed by atoms with Gasteiger partial charge in [-0.25, -0.2) is 0 Å². The minimum Gasteiger partial charge on any atom is -0.398 e. The molecule has 3 N–H and O–H groups in total. The average Bonchev–Trinajstić information content (AvgIpc) is 2.56. The molecule has 2 aliphatic rings. The molecule has 0 aliphatic heterocycles. The zero-order valence-electron chi connectivity index (χ0n) is 9.00. The first-order valence-corrected chi connectivity index (χ1v) is 5.98. The van der Waals surface area contributed by atoms with E-state index in [1.54, 1.807) is 0 Å². The van der Waals surface area contributed by atoms with Gasteiger partial charge in [0, 0.05) is 17.8 Å². The summed E-state index contributed by atoms with van der Waals surface area (Å²) in [4.78, 5) is 0. The second-order valence-corrected chi connectivity index (χ2v) is 4.81. The van der Waals surface area contributed by atoms with Gasteiger partial charge >= 0.3 is 0 Å². The Bertz CT molecular complexity index is 369. The van der Waals surface area contributed by atoms with Crippen LogP contribution in [0.2, 0.25) is 0 Å². The molecule has 15 heavy (non-hydrogen) atoms. The SMILES string of the molecule is Nc1cccc2c1C(NC1CCC1)CC2. The molecule has 1 unspecified atom stereocenters. The normalized spacial score (nSPS) is 24.9. The molecule has 0 heterocycles. The van der Waals surface area contributed by atoms with E-state index in [9.17, 15) is 0 Å². The Morgan fingerprint density at radius 2 is 2.07 bits per heavy atom. The Kier molecular flexibility index (Phi) is 2.17. The van der Waals surface area contributed by atoms with E-state index in [-0.39, 0.29) is 0 Å². The maximum Gasteiger partial charge on any atom is 0.0365 e. The molecule has 0 amide bonds. The molecular weight excluding hydrogens is 184 g/mol. The van der Waals surface area contributed by atoms with Crippen molar-refractivity contribution in [1.29, 1.82) is 0 Å². The standard InChI is InChI=1S/C13H18N2/c14-11-6-1-3-9-7-8-12(13(9)11)15-10-4-2-5-10/h1,3,6,10,12,15H,2,4-5,7-8,14H2. The lowest BCUT2D eigenvalue weighted by Crippen LogP contribution is -2.37. The van der Waals surface area contributed by atoms with Crippen LogP contribution in [-0.2, 0) is 6.42 Å². The molecule has 0 radical (unpaired) electrons. The molecule has 1 aromatic rings. The van der Waals surface area contributed by atoms with E-state index in [1.165, 1.54) is 43.2 Å². The fourth-order valence-electron chi connectivity index (χ4n) is 2.75. The third-order valence-electron chi connectivity index (χ3n) is 3.82. The van der Waals surface area contributed by atoms with Gasteiger partial charge in [-0.1, -0.05) is 18.6 Å². The minimum absolute atomic E-state index is 0.520. The Morgan fingerprint density at radius 1 is 1.20 bits per heavy atom. The van der Waals surface area contributed by atoms with E-state index in [2.05, 4.69) is 17.4 Å². The number of hydrogen-bond donors (Lipinski definition) is 2. The van der Waals surface area contributed by atoms with Crippen LogP contribution in [-0.4, -0.2) is 6.04 Å². The molecule has 1 fully saturated rings. The van der Waals surface area contributed by atoms with Gasteiger partial charge < -0.3 is 11.1 Å². The van der Waals surface area contributed by atoms with Crippen molar-refractivity contribution in [3.05, 3.63) is 29.3 Å². The summed E-state index contributed by atoms with van der Waals surface area (Å²) >= 11 is 0. The van der Waals surface area contributed by atoms with Crippen LogP contribution in [0.25, 0.3) is 0 Å². The van der Waals surface area contributed by atoms with Crippen molar-refractivity contribution in [2.75, 3.05) is 5.73 Å². The highest BCUT2D eigenvalue weighted by Gasteiger charge is 2.28. The quantitative estimate of drug-likeness (QED) is 0.723. The van der Waals surface area contributed by atoms with Crippen molar-refractivity contribution >= 4 is 5.69 Å². The van der Waals surface area contributed by atoms with Crippen molar-refractivity contribution < 1.29 is 0 Å². The molecule has 0 saturated heterocycles. The highest BCUT2D eigenvalue weighted by Crippen LogP contribution is 2.36. The summed E-state index contributed by atoms with van der Waals surface area (Å²) in [5.74, 6) is 0. The van der Waals surface area contributed by atoms with Crippen molar-refractivity contribution in [2.45, 2.75) is 44.2 Å². The summed E-state index contributed by atoms with van der Waals surface area (Å²) in [5, 5.41) is 3.73. The summed E-state index contributed by atoms with van der Waals surface area (Å²) in [5.41, 5.74) is 9.86. The molecule has 2 heteroatoms. The Labute approximate surface area is 90.9 Å². The second-order valence-electron chi connectivity index (χ2n) is 4.81. The van der Waals surface area contributed by atoms with E-state index < -0.39 is 0 Å². The predicted octanol–water partition coefficient (Wildman–Crippen LogP) is 2.40. The van der Waals surface area contributed by atoms with Gasteiger partial charge in [0.05, 0.1) is 0 Å². The number of rotatable bonds is 2. The van der Waals surface area contributed by atoms with Gasteiger partial charge in [-0.15, -0.1) is 0 Å². The third kappa shape index (κ3) is 1.53. The molecule has 2 nitrogen and oxygen atoms in total. The summed E-state index contributed by atoms with van der Waals surface area (Å²) < 4.78 is 0. The van der Waals surface area contributed by atoms with Gasteiger partial charge in [-0.05, 0) is 42.9 Å². The fraction of sp³-hybridized carbons (Fsp3) is 0.538. The molecule has 1 atom stereocenters. The molecule has 0 bridgehead atoms. The van der Waals surface area contributed by atoms with E-state index in [4.69, 9.17) is 5.73 Å².